The number of carbonyl (C=O) groups is 1. The molecule has 2 rings (SSSR count). The van der Waals surface area contributed by atoms with Gasteiger partial charge in [0.1, 0.15) is 0 Å². The Balaban J connectivity index is 2.08. The van der Waals surface area contributed by atoms with Gasteiger partial charge in [-0.05, 0) is 31.6 Å². The molecule has 3 heteroatoms. The van der Waals surface area contributed by atoms with Crippen LogP contribution in [0.1, 0.15) is 96.3 Å². The van der Waals surface area contributed by atoms with Crippen LogP contribution in [0.25, 0.3) is 0 Å². The van der Waals surface area contributed by atoms with Crippen LogP contribution in [-0.4, -0.2) is 25.2 Å². The Labute approximate surface area is 142 Å². The summed E-state index contributed by atoms with van der Waals surface area (Å²) in [7, 11) is 1.67. The van der Waals surface area contributed by atoms with Crippen molar-refractivity contribution in [3.05, 3.63) is 0 Å². The number of nitrogens with one attached hydrogen (secondary N) is 1. The highest BCUT2D eigenvalue weighted by Gasteiger charge is 2.39. The molecule has 1 amide bonds. The zero-order valence-corrected chi connectivity index (χ0v) is 15.2. The first-order chi connectivity index (χ1) is 11.3. The van der Waals surface area contributed by atoms with Crippen LogP contribution in [-0.2, 0) is 9.53 Å². The van der Waals surface area contributed by atoms with Crippen molar-refractivity contribution in [2.75, 3.05) is 13.7 Å². The van der Waals surface area contributed by atoms with Crippen LogP contribution in [0.15, 0.2) is 0 Å². The third kappa shape index (κ3) is 6.10. The molecule has 0 heterocycles. The third-order valence-corrected chi connectivity index (χ3v) is 6.05. The molecule has 0 spiro atoms. The lowest BCUT2D eigenvalue weighted by Gasteiger charge is -2.44. The molecule has 2 fully saturated rings. The second-order valence-electron chi connectivity index (χ2n) is 7.76. The summed E-state index contributed by atoms with van der Waals surface area (Å²) in [6, 6.07) is 0. The van der Waals surface area contributed by atoms with Crippen molar-refractivity contribution >= 4 is 5.91 Å². The molecule has 0 atom stereocenters. The number of methoxy groups -OCH3 is 1. The molecule has 0 saturated heterocycles. The smallest absolute Gasteiger partial charge is 0.222 e. The standard InChI is InChI=1S/C20H37NO2/c1-23-17-14-19(22)21-20(15-10-6-3-7-11-16-20)18-12-8-4-2-5-9-13-18/h18H,2-17H2,1H3,(H,21,22). The van der Waals surface area contributed by atoms with Gasteiger partial charge in [-0.15, -0.1) is 0 Å². The average molecular weight is 324 g/mol. The number of rotatable bonds is 5. The fourth-order valence-electron chi connectivity index (χ4n) is 4.72. The second-order valence-corrected chi connectivity index (χ2v) is 7.76. The van der Waals surface area contributed by atoms with E-state index < -0.39 is 0 Å². The summed E-state index contributed by atoms with van der Waals surface area (Å²) in [4.78, 5) is 12.5. The van der Waals surface area contributed by atoms with Gasteiger partial charge in [0, 0.05) is 19.1 Å². The molecule has 0 radical (unpaired) electrons. The van der Waals surface area contributed by atoms with Gasteiger partial charge in [-0.1, -0.05) is 64.2 Å². The SMILES string of the molecule is COCCC(=O)NC1(C2CCCCCCC2)CCCCCCC1. The maximum Gasteiger partial charge on any atom is 0.222 e. The van der Waals surface area contributed by atoms with Crippen LogP contribution in [0.5, 0.6) is 0 Å². The molecule has 0 aromatic heterocycles. The van der Waals surface area contributed by atoms with E-state index in [1.54, 1.807) is 7.11 Å². The van der Waals surface area contributed by atoms with Crippen molar-refractivity contribution in [1.29, 1.82) is 0 Å². The summed E-state index contributed by atoms with van der Waals surface area (Å²) < 4.78 is 5.10. The van der Waals surface area contributed by atoms with Gasteiger partial charge in [-0.2, -0.15) is 0 Å². The van der Waals surface area contributed by atoms with Crippen LogP contribution in [0.4, 0.5) is 0 Å². The molecule has 0 aromatic carbocycles. The second kappa shape index (κ2) is 10.3. The Bertz CT molecular complexity index is 327. The maximum absolute atomic E-state index is 12.5. The molecule has 1 N–H and O–H groups in total. The van der Waals surface area contributed by atoms with E-state index in [9.17, 15) is 4.79 Å². The first-order valence-corrected chi connectivity index (χ1v) is 10.1. The molecular weight excluding hydrogens is 286 g/mol. The van der Waals surface area contributed by atoms with Crippen LogP contribution >= 0.6 is 0 Å². The molecule has 0 aromatic rings. The molecule has 3 nitrogen and oxygen atoms in total. The zero-order chi connectivity index (χ0) is 16.4. The Morgan fingerprint density at radius 3 is 2.00 bits per heavy atom. The predicted octanol–water partition coefficient (Wildman–Crippen LogP) is 4.98. The molecule has 0 aliphatic heterocycles. The monoisotopic (exact) mass is 323 g/mol. The molecule has 2 aliphatic carbocycles. The molecule has 134 valence electrons. The van der Waals surface area contributed by atoms with Gasteiger partial charge in [0.25, 0.3) is 0 Å². The third-order valence-electron chi connectivity index (χ3n) is 6.05. The number of ether oxygens (including phenoxy) is 1. The van der Waals surface area contributed by atoms with E-state index in [1.807, 2.05) is 0 Å². The van der Waals surface area contributed by atoms with E-state index in [-0.39, 0.29) is 11.4 Å². The number of hydrogen-bond acceptors (Lipinski definition) is 2. The van der Waals surface area contributed by atoms with Gasteiger partial charge >= 0.3 is 0 Å². The van der Waals surface area contributed by atoms with Crippen LogP contribution < -0.4 is 5.32 Å². The van der Waals surface area contributed by atoms with Crippen molar-refractivity contribution < 1.29 is 9.53 Å². The molecule has 0 bridgehead atoms. The summed E-state index contributed by atoms with van der Waals surface area (Å²) in [5.41, 5.74) is 0.0720. The van der Waals surface area contributed by atoms with Gasteiger partial charge in [0.05, 0.1) is 6.61 Å². The van der Waals surface area contributed by atoms with Gasteiger partial charge in [0.15, 0.2) is 0 Å². The Kier molecular flexibility index (Phi) is 8.43. The number of amides is 1. The van der Waals surface area contributed by atoms with Gasteiger partial charge in [0.2, 0.25) is 5.91 Å². The minimum atomic E-state index is 0.0720. The fraction of sp³-hybridized carbons (Fsp3) is 0.950. The first kappa shape index (κ1) is 18.8. The quantitative estimate of drug-likeness (QED) is 0.774. The Morgan fingerprint density at radius 2 is 1.43 bits per heavy atom. The van der Waals surface area contributed by atoms with E-state index in [4.69, 9.17) is 4.74 Å². The van der Waals surface area contributed by atoms with Crippen molar-refractivity contribution in [2.45, 2.75) is 102 Å². The fourth-order valence-corrected chi connectivity index (χ4v) is 4.72. The first-order valence-electron chi connectivity index (χ1n) is 10.1. The van der Waals surface area contributed by atoms with Crippen LogP contribution in [0.3, 0.4) is 0 Å². The Morgan fingerprint density at radius 1 is 0.913 bits per heavy atom. The van der Waals surface area contributed by atoms with Crippen molar-refractivity contribution in [2.24, 2.45) is 5.92 Å². The summed E-state index contributed by atoms with van der Waals surface area (Å²) in [5, 5.41) is 3.53. The molecular formula is C20H37NO2. The van der Waals surface area contributed by atoms with E-state index >= 15 is 0 Å². The summed E-state index contributed by atoms with van der Waals surface area (Å²) in [6.07, 6.45) is 19.0. The van der Waals surface area contributed by atoms with Gasteiger partial charge in [-0.3, -0.25) is 4.79 Å². The highest BCUT2D eigenvalue weighted by atomic mass is 16.5. The highest BCUT2D eigenvalue weighted by molar-refractivity contribution is 5.77. The van der Waals surface area contributed by atoms with Gasteiger partial charge < -0.3 is 10.1 Å². The predicted molar refractivity (Wildman–Crippen MR) is 95.5 cm³/mol. The molecule has 2 saturated carbocycles. The van der Waals surface area contributed by atoms with E-state index in [0.717, 1.165) is 0 Å². The topological polar surface area (TPSA) is 38.3 Å². The van der Waals surface area contributed by atoms with E-state index in [2.05, 4.69) is 5.32 Å². The summed E-state index contributed by atoms with van der Waals surface area (Å²) >= 11 is 0. The number of hydrogen-bond donors (Lipinski definition) is 1. The lowest BCUT2D eigenvalue weighted by atomic mass is 9.70. The lowest BCUT2D eigenvalue weighted by molar-refractivity contribution is -0.125. The Hall–Kier alpha value is -0.570. The van der Waals surface area contributed by atoms with Crippen molar-refractivity contribution in [3.63, 3.8) is 0 Å². The largest absolute Gasteiger partial charge is 0.384 e. The normalized spacial score (nSPS) is 24.0. The van der Waals surface area contributed by atoms with Crippen LogP contribution in [0, 0.1) is 5.92 Å². The lowest BCUT2D eigenvalue weighted by Crippen LogP contribution is -2.54. The molecule has 2 aliphatic rings. The van der Waals surface area contributed by atoms with E-state index in [0.29, 0.717) is 18.9 Å². The van der Waals surface area contributed by atoms with Crippen molar-refractivity contribution in [1.82, 2.24) is 5.32 Å². The minimum Gasteiger partial charge on any atom is -0.384 e. The summed E-state index contributed by atoms with van der Waals surface area (Å²) in [6.45, 7) is 0.534. The van der Waals surface area contributed by atoms with Crippen LogP contribution in [0.2, 0.25) is 0 Å². The zero-order valence-electron chi connectivity index (χ0n) is 15.2. The van der Waals surface area contributed by atoms with Gasteiger partial charge in [-0.25, -0.2) is 0 Å². The number of carbonyl (C=O) groups excluding carboxylic acids is 1. The molecule has 0 unspecified atom stereocenters. The highest BCUT2D eigenvalue weighted by Crippen LogP contribution is 2.39. The maximum atomic E-state index is 12.5. The summed E-state index contributed by atoms with van der Waals surface area (Å²) in [5.74, 6) is 0.891. The van der Waals surface area contributed by atoms with E-state index in [1.165, 1.54) is 89.9 Å². The minimum absolute atomic E-state index is 0.0720. The van der Waals surface area contributed by atoms with Crippen molar-refractivity contribution in [3.8, 4) is 0 Å². The molecule has 23 heavy (non-hydrogen) atoms. The average Bonchev–Trinajstić information content (AvgIpc) is 2.48.